The molecule has 4 nitrogen and oxygen atoms in total. The number of thiazole rings is 1. The number of hydrogen-bond acceptors (Lipinski definition) is 4. The maximum atomic E-state index is 13.4. The summed E-state index contributed by atoms with van der Waals surface area (Å²) >= 11 is 1.50. The topological polar surface area (TPSA) is 59.1 Å². The van der Waals surface area contributed by atoms with E-state index in [0.717, 1.165) is 33.0 Å². The Hall–Kier alpha value is -2.25. The summed E-state index contributed by atoms with van der Waals surface area (Å²) in [4.78, 5) is 5.62. The summed E-state index contributed by atoms with van der Waals surface area (Å²) in [6.07, 6.45) is 1.11. The van der Waals surface area contributed by atoms with Crippen LogP contribution in [0.1, 0.15) is 4.88 Å². The van der Waals surface area contributed by atoms with Gasteiger partial charge in [-0.2, -0.15) is 0 Å². The van der Waals surface area contributed by atoms with Crippen molar-refractivity contribution in [3.05, 3.63) is 59.2 Å². The first-order valence-electron chi connectivity index (χ1n) is 7.13. The van der Waals surface area contributed by atoms with Gasteiger partial charge in [-0.3, -0.25) is 4.72 Å². The van der Waals surface area contributed by atoms with E-state index in [2.05, 4.69) is 9.71 Å². The second kappa shape index (κ2) is 6.33. The van der Waals surface area contributed by atoms with E-state index >= 15 is 0 Å². The van der Waals surface area contributed by atoms with Crippen molar-refractivity contribution in [3.8, 4) is 21.8 Å². The fraction of sp³-hybridized carbons (Fsp3) is 0.118. The molecule has 1 aromatic heterocycles. The van der Waals surface area contributed by atoms with Crippen molar-refractivity contribution in [2.75, 3.05) is 11.0 Å². The molecule has 0 fully saturated rings. The molecule has 0 radical (unpaired) electrons. The highest BCUT2D eigenvalue weighted by Gasteiger charge is 2.12. The summed E-state index contributed by atoms with van der Waals surface area (Å²) in [5, 5.41) is 0.750. The predicted molar refractivity (Wildman–Crippen MR) is 96.1 cm³/mol. The zero-order chi connectivity index (χ0) is 17.3. The molecule has 3 aromatic rings. The second-order valence-corrected chi connectivity index (χ2v) is 8.34. The highest BCUT2D eigenvalue weighted by atomic mass is 32.2. The number of halogens is 1. The average molecular weight is 362 g/mol. The minimum absolute atomic E-state index is 0.293. The SMILES string of the molecule is Cc1sc(-c2cccc(F)c2)nc1-c1ccc(NS(C)(=O)=O)cc1. The molecule has 7 heteroatoms. The van der Waals surface area contributed by atoms with Crippen LogP contribution in [0.4, 0.5) is 10.1 Å². The van der Waals surface area contributed by atoms with Gasteiger partial charge < -0.3 is 0 Å². The fourth-order valence-electron chi connectivity index (χ4n) is 2.32. The zero-order valence-corrected chi connectivity index (χ0v) is 14.7. The van der Waals surface area contributed by atoms with E-state index in [0.29, 0.717) is 5.69 Å². The zero-order valence-electron chi connectivity index (χ0n) is 13.1. The van der Waals surface area contributed by atoms with Crippen molar-refractivity contribution in [2.45, 2.75) is 6.92 Å². The molecule has 0 aliphatic carbocycles. The molecule has 0 unspecified atom stereocenters. The monoisotopic (exact) mass is 362 g/mol. The van der Waals surface area contributed by atoms with Gasteiger partial charge >= 0.3 is 0 Å². The molecule has 0 aliphatic heterocycles. The maximum absolute atomic E-state index is 13.4. The first kappa shape index (κ1) is 16.6. The standard InChI is InChI=1S/C17H15FN2O2S2/c1-11-16(12-6-8-15(9-7-12)20-24(2,21)22)19-17(23-11)13-4-3-5-14(18)10-13/h3-10,20H,1-2H3. The van der Waals surface area contributed by atoms with Gasteiger partial charge in [-0.25, -0.2) is 17.8 Å². The lowest BCUT2D eigenvalue weighted by Crippen LogP contribution is -2.09. The molecular weight excluding hydrogens is 347 g/mol. The Balaban J connectivity index is 1.93. The first-order valence-corrected chi connectivity index (χ1v) is 9.84. The molecule has 1 heterocycles. The Morgan fingerprint density at radius 2 is 1.79 bits per heavy atom. The largest absolute Gasteiger partial charge is 0.284 e. The van der Waals surface area contributed by atoms with Crippen molar-refractivity contribution in [1.29, 1.82) is 0 Å². The van der Waals surface area contributed by atoms with Crippen LogP contribution in [-0.4, -0.2) is 19.7 Å². The number of rotatable bonds is 4. The van der Waals surface area contributed by atoms with E-state index < -0.39 is 10.0 Å². The Morgan fingerprint density at radius 1 is 1.08 bits per heavy atom. The quantitative estimate of drug-likeness (QED) is 0.753. The summed E-state index contributed by atoms with van der Waals surface area (Å²) < 4.78 is 38.3. The number of hydrogen-bond donors (Lipinski definition) is 1. The third kappa shape index (κ3) is 3.80. The molecule has 0 amide bonds. The summed E-state index contributed by atoms with van der Waals surface area (Å²) in [5.41, 5.74) is 2.93. The van der Waals surface area contributed by atoms with Crippen LogP contribution < -0.4 is 4.72 Å². The van der Waals surface area contributed by atoms with Gasteiger partial charge in [0.2, 0.25) is 10.0 Å². The molecule has 0 aliphatic rings. The van der Waals surface area contributed by atoms with Crippen LogP contribution in [0.3, 0.4) is 0 Å². The van der Waals surface area contributed by atoms with Gasteiger partial charge in [-0.05, 0) is 31.2 Å². The number of nitrogens with one attached hydrogen (secondary N) is 1. The van der Waals surface area contributed by atoms with Crippen LogP contribution in [0.5, 0.6) is 0 Å². The van der Waals surface area contributed by atoms with E-state index in [1.54, 1.807) is 18.2 Å². The minimum Gasteiger partial charge on any atom is -0.284 e. The number of aryl methyl sites for hydroxylation is 1. The van der Waals surface area contributed by atoms with E-state index in [1.165, 1.54) is 23.5 Å². The van der Waals surface area contributed by atoms with Crippen molar-refractivity contribution >= 4 is 27.0 Å². The Kier molecular flexibility index (Phi) is 4.38. The molecule has 0 atom stereocenters. The van der Waals surface area contributed by atoms with Crippen molar-refractivity contribution in [1.82, 2.24) is 4.98 Å². The van der Waals surface area contributed by atoms with Gasteiger partial charge in [0.1, 0.15) is 10.8 Å². The first-order chi connectivity index (χ1) is 11.3. The molecular formula is C17H15FN2O2S2. The minimum atomic E-state index is -3.30. The Bertz CT molecular complexity index is 980. The highest BCUT2D eigenvalue weighted by molar-refractivity contribution is 7.92. The van der Waals surface area contributed by atoms with Crippen molar-refractivity contribution in [3.63, 3.8) is 0 Å². The number of benzene rings is 2. The number of aromatic nitrogens is 1. The van der Waals surface area contributed by atoms with E-state index in [-0.39, 0.29) is 5.82 Å². The maximum Gasteiger partial charge on any atom is 0.229 e. The number of anilines is 1. The van der Waals surface area contributed by atoms with E-state index in [9.17, 15) is 12.8 Å². The van der Waals surface area contributed by atoms with E-state index in [1.807, 2.05) is 25.1 Å². The summed E-state index contributed by atoms with van der Waals surface area (Å²) in [6.45, 7) is 1.96. The van der Waals surface area contributed by atoms with E-state index in [4.69, 9.17) is 0 Å². The van der Waals surface area contributed by atoms with Gasteiger partial charge in [-0.1, -0.05) is 24.3 Å². The van der Waals surface area contributed by atoms with Crippen LogP contribution in [0.25, 0.3) is 21.8 Å². The van der Waals surface area contributed by atoms with Gasteiger partial charge in [0, 0.05) is 21.7 Å². The van der Waals surface area contributed by atoms with Crippen LogP contribution in [0, 0.1) is 12.7 Å². The molecule has 24 heavy (non-hydrogen) atoms. The normalized spacial score (nSPS) is 11.5. The lowest BCUT2D eigenvalue weighted by Gasteiger charge is -2.05. The fourth-order valence-corrected chi connectivity index (χ4v) is 3.82. The molecule has 0 saturated heterocycles. The third-order valence-corrected chi connectivity index (χ3v) is 4.96. The van der Waals surface area contributed by atoms with Crippen LogP contribution in [-0.2, 0) is 10.0 Å². The van der Waals surface area contributed by atoms with Crippen LogP contribution in [0.2, 0.25) is 0 Å². The van der Waals surface area contributed by atoms with Crippen LogP contribution >= 0.6 is 11.3 Å². The van der Waals surface area contributed by atoms with Gasteiger partial charge in [0.05, 0.1) is 11.9 Å². The number of nitrogens with zero attached hydrogens (tertiary/aromatic N) is 1. The molecule has 0 spiro atoms. The molecule has 0 saturated carbocycles. The third-order valence-electron chi connectivity index (χ3n) is 3.33. The average Bonchev–Trinajstić information content (AvgIpc) is 2.88. The van der Waals surface area contributed by atoms with Gasteiger partial charge in [-0.15, -0.1) is 11.3 Å². The summed E-state index contributed by atoms with van der Waals surface area (Å²) in [5.74, 6) is -0.293. The highest BCUT2D eigenvalue weighted by Crippen LogP contribution is 2.33. The second-order valence-electron chi connectivity index (χ2n) is 5.39. The lowest BCUT2D eigenvalue weighted by atomic mass is 10.1. The summed E-state index contributed by atoms with van der Waals surface area (Å²) in [6, 6.07) is 13.3. The van der Waals surface area contributed by atoms with Gasteiger partial charge in [0.15, 0.2) is 0 Å². The van der Waals surface area contributed by atoms with Gasteiger partial charge in [0.25, 0.3) is 0 Å². The molecule has 0 bridgehead atoms. The predicted octanol–water partition coefficient (Wildman–Crippen LogP) is 4.30. The van der Waals surface area contributed by atoms with Crippen LogP contribution in [0.15, 0.2) is 48.5 Å². The van der Waals surface area contributed by atoms with Crippen molar-refractivity contribution in [2.24, 2.45) is 0 Å². The number of sulfonamides is 1. The molecule has 124 valence electrons. The Morgan fingerprint density at radius 3 is 2.42 bits per heavy atom. The molecule has 2 aromatic carbocycles. The lowest BCUT2D eigenvalue weighted by molar-refractivity contribution is 0.607. The molecule has 1 N–H and O–H groups in total. The molecule has 3 rings (SSSR count). The summed E-state index contributed by atoms with van der Waals surface area (Å²) in [7, 11) is -3.30. The smallest absolute Gasteiger partial charge is 0.229 e. The Labute approximate surface area is 144 Å². The van der Waals surface area contributed by atoms with Crippen molar-refractivity contribution < 1.29 is 12.8 Å².